The lowest BCUT2D eigenvalue weighted by atomic mass is 10.0. The molecule has 0 saturated carbocycles. The molecular weight excluding hydrogens is 486 g/mol. The lowest BCUT2D eigenvalue weighted by molar-refractivity contribution is 0.645. The van der Waals surface area contributed by atoms with E-state index in [1.54, 1.807) is 11.3 Å². The van der Waals surface area contributed by atoms with Gasteiger partial charge in [-0.05, 0) is 66.8 Å². The van der Waals surface area contributed by atoms with E-state index in [-0.39, 0.29) is 0 Å². The number of nitrogens with zero attached hydrogens (tertiary/aromatic N) is 3. The Labute approximate surface area is 226 Å². The summed E-state index contributed by atoms with van der Waals surface area (Å²) in [7, 11) is 0. The number of hydrogen-bond acceptors (Lipinski definition) is 5. The van der Waals surface area contributed by atoms with Crippen LogP contribution in [0.4, 0.5) is 5.69 Å². The summed E-state index contributed by atoms with van der Waals surface area (Å²) in [6.45, 7) is 14.7. The first kappa shape index (κ1) is 24.1. The molecule has 4 aromatic heterocycles. The van der Waals surface area contributed by atoms with E-state index in [1.165, 1.54) is 9.75 Å². The highest BCUT2D eigenvalue weighted by Gasteiger charge is 2.17. The van der Waals surface area contributed by atoms with Gasteiger partial charge in [-0.25, -0.2) is 4.99 Å². The van der Waals surface area contributed by atoms with Gasteiger partial charge in [-0.2, -0.15) is 0 Å². The van der Waals surface area contributed by atoms with Gasteiger partial charge >= 0.3 is 0 Å². The van der Waals surface area contributed by atoms with E-state index in [4.69, 9.17) is 4.99 Å². The summed E-state index contributed by atoms with van der Waals surface area (Å²) in [6, 6.07) is 15.0. The maximum absolute atomic E-state index is 4.82. The molecule has 5 nitrogen and oxygen atoms in total. The molecule has 38 heavy (non-hydrogen) atoms. The smallest absolute Gasteiger partial charge is 0.0966 e. The molecule has 6 heteroatoms. The summed E-state index contributed by atoms with van der Waals surface area (Å²) in [5, 5.41) is 6.67. The number of fused-ring (bicyclic) bond motifs is 2. The van der Waals surface area contributed by atoms with E-state index in [9.17, 15) is 0 Å². The van der Waals surface area contributed by atoms with Gasteiger partial charge in [0.15, 0.2) is 0 Å². The third-order valence-corrected chi connectivity index (χ3v) is 7.90. The Hall–Kier alpha value is -4.29. The minimum atomic E-state index is 0.549. The molecule has 0 unspecified atom stereocenters. The van der Waals surface area contributed by atoms with Crippen LogP contribution in [0.25, 0.3) is 43.7 Å². The van der Waals surface area contributed by atoms with Crippen molar-refractivity contribution in [1.29, 1.82) is 0 Å². The Morgan fingerprint density at radius 2 is 1.82 bits per heavy atom. The zero-order chi connectivity index (χ0) is 26.4. The monoisotopic (exact) mass is 515 g/mol. The standard InChI is InChI=1S/C32H29N5S/c1-18(2)10-20(5)35-23-11-22(14-33-15-23)21-6-7-27-25(12-21)32(37-27)28-13-24-26(16-34-17-29(24)36-28)31-9-8-30(38-31)19(3)4/h6-9,11-18,35-36H,3,5,10H2,1-2,4H3. The van der Waals surface area contributed by atoms with E-state index in [2.05, 4.69) is 89.7 Å². The molecule has 1 aliphatic heterocycles. The Kier molecular flexibility index (Phi) is 6.04. The molecule has 0 atom stereocenters. The van der Waals surface area contributed by atoms with Crippen molar-refractivity contribution in [3.8, 4) is 21.6 Å². The molecule has 5 aromatic rings. The molecule has 1 aromatic carbocycles. The lowest BCUT2D eigenvalue weighted by Crippen LogP contribution is -2.35. The minimum absolute atomic E-state index is 0.549. The van der Waals surface area contributed by atoms with Crippen LogP contribution >= 0.6 is 11.3 Å². The Balaban J connectivity index is 1.35. The van der Waals surface area contributed by atoms with E-state index in [0.29, 0.717) is 5.92 Å². The molecule has 5 heterocycles. The first-order valence-electron chi connectivity index (χ1n) is 12.7. The van der Waals surface area contributed by atoms with Crippen LogP contribution < -0.4 is 15.9 Å². The number of anilines is 1. The van der Waals surface area contributed by atoms with Gasteiger partial charge in [0.1, 0.15) is 0 Å². The fourth-order valence-electron chi connectivity index (χ4n) is 4.84. The fourth-order valence-corrected chi connectivity index (χ4v) is 5.79. The number of thiophene rings is 1. The first-order valence-corrected chi connectivity index (χ1v) is 13.5. The van der Waals surface area contributed by atoms with Gasteiger partial charge in [0.25, 0.3) is 0 Å². The molecule has 2 N–H and O–H groups in total. The highest BCUT2D eigenvalue weighted by molar-refractivity contribution is 7.16. The molecule has 1 aliphatic rings. The van der Waals surface area contributed by atoms with Crippen molar-refractivity contribution in [2.75, 3.05) is 5.32 Å². The number of benzene rings is 1. The lowest BCUT2D eigenvalue weighted by Gasteiger charge is -2.13. The second-order valence-electron chi connectivity index (χ2n) is 10.3. The second-order valence-corrected chi connectivity index (χ2v) is 11.3. The third kappa shape index (κ3) is 4.48. The fraction of sp³-hybridized carbons (Fsp3) is 0.156. The molecule has 0 radical (unpaired) electrons. The maximum atomic E-state index is 4.82. The summed E-state index contributed by atoms with van der Waals surface area (Å²) >= 11 is 1.74. The molecule has 0 saturated heterocycles. The van der Waals surface area contributed by atoms with Crippen molar-refractivity contribution < 1.29 is 0 Å². The number of aromatic nitrogens is 3. The van der Waals surface area contributed by atoms with Crippen molar-refractivity contribution in [3.63, 3.8) is 0 Å². The van der Waals surface area contributed by atoms with E-state index >= 15 is 0 Å². The largest absolute Gasteiger partial charge is 0.358 e. The van der Waals surface area contributed by atoms with Crippen LogP contribution in [0.1, 0.15) is 37.8 Å². The number of rotatable bonds is 8. The summed E-state index contributed by atoms with van der Waals surface area (Å²) in [6.07, 6.45) is 8.48. The van der Waals surface area contributed by atoms with Crippen molar-refractivity contribution in [2.24, 2.45) is 10.9 Å². The molecular formula is C32H29N5S. The third-order valence-electron chi connectivity index (χ3n) is 6.62. The molecule has 0 spiro atoms. The topological polar surface area (TPSA) is 66.0 Å². The van der Waals surface area contributed by atoms with Crippen LogP contribution in [0.3, 0.4) is 0 Å². The number of hydrogen-bond donors (Lipinski definition) is 2. The van der Waals surface area contributed by atoms with Crippen LogP contribution in [0.15, 0.2) is 91.1 Å². The molecule has 6 rings (SSSR count). The molecule has 0 aliphatic carbocycles. The number of nitrogens with one attached hydrogen (secondary N) is 2. The highest BCUT2D eigenvalue weighted by Crippen LogP contribution is 2.36. The van der Waals surface area contributed by atoms with Crippen molar-refractivity contribution in [2.45, 2.75) is 27.2 Å². The first-order chi connectivity index (χ1) is 18.4. The molecule has 0 amide bonds. The van der Waals surface area contributed by atoms with Crippen LogP contribution in [0, 0.1) is 5.92 Å². The van der Waals surface area contributed by atoms with Crippen molar-refractivity contribution >= 4 is 39.2 Å². The minimum Gasteiger partial charge on any atom is -0.358 e. The molecule has 0 bridgehead atoms. The average Bonchev–Trinajstić information content (AvgIpc) is 3.52. The van der Waals surface area contributed by atoms with Crippen LogP contribution in [-0.4, -0.2) is 15.0 Å². The van der Waals surface area contributed by atoms with Crippen LogP contribution in [0.2, 0.25) is 0 Å². The number of pyridine rings is 2. The highest BCUT2D eigenvalue weighted by atomic mass is 32.1. The van der Waals surface area contributed by atoms with Crippen molar-refractivity contribution in [3.05, 3.63) is 107 Å². The van der Waals surface area contributed by atoms with E-state index in [0.717, 1.165) is 72.9 Å². The van der Waals surface area contributed by atoms with Gasteiger partial charge in [0, 0.05) is 49.6 Å². The quantitative estimate of drug-likeness (QED) is 0.231. The van der Waals surface area contributed by atoms with E-state index < -0.39 is 0 Å². The summed E-state index contributed by atoms with van der Waals surface area (Å²) in [5.74, 6) is 0.549. The van der Waals surface area contributed by atoms with Gasteiger partial charge in [-0.15, -0.1) is 11.3 Å². The molecule has 0 fully saturated rings. The number of allylic oxidation sites excluding steroid dienone is 2. The predicted molar refractivity (Wildman–Crippen MR) is 159 cm³/mol. The Morgan fingerprint density at radius 1 is 0.974 bits per heavy atom. The summed E-state index contributed by atoms with van der Waals surface area (Å²) < 4.78 is 0. The van der Waals surface area contributed by atoms with Crippen molar-refractivity contribution in [1.82, 2.24) is 15.0 Å². The summed E-state index contributed by atoms with van der Waals surface area (Å²) in [4.78, 5) is 19.7. The number of H-pyrrole nitrogens is 1. The summed E-state index contributed by atoms with van der Waals surface area (Å²) in [5.41, 5.74) is 9.25. The van der Waals surface area contributed by atoms with Gasteiger partial charge in [0.05, 0.1) is 40.3 Å². The average molecular weight is 516 g/mol. The Bertz CT molecular complexity index is 1850. The van der Waals surface area contributed by atoms with Gasteiger partial charge in [-0.1, -0.05) is 33.1 Å². The van der Waals surface area contributed by atoms with Crippen LogP contribution in [0.5, 0.6) is 0 Å². The zero-order valence-corrected chi connectivity index (χ0v) is 22.6. The Morgan fingerprint density at radius 3 is 2.61 bits per heavy atom. The predicted octanol–water partition coefficient (Wildman–Crippen LogP) is 7.15. The SMILES string of the molecule is C=C(CC(C)C)Nc1cncc(-c2ccc3c(c2)=C(c2cc4c(-c5ccc(C(=C)C)s5)cncc4[nH]2)N=3)c1. The second kappa shape index (κ2) is 9.54. The van der Waals surface area contributed by atoms with E-state index in [1.807, 2.05) is 31.7 Å². The van der Waals surface area contributed by atoms with Gasteiger partial charge in [-0.3, -0.25) is 9.97 Å². The van der Waals surface area contributed by atoms with Crippen LogP contribution in [-0.2, 0) is 0 Å². The number of aromatic amines is 1. The van der Waals surface area contributed by atoms with Gasteiger partial charge in [0.2, 0.25) is 0 Å². The maximum Gasteiger partial charge on any atom is 0.0966 e. The van der Waals surface area contributed by atoms with Gasteiger partial charge < -0.3 is 10.3 Å². The normalized spacial score (nSPS) is 12.3. The zero-order valence-electron chi connectivity index (χ0n) is 21.8. The molecule has 188 valence electrons.